The smallest absolute Gasteiger partial charge is 0.306 e. The third-order valence-electron chi connectivity index (χ3n) is 7.06. The molecule has 1 saturated heterocycles. The molecular formula is C36H43ClFNO3. The van der Waals surface area contributed by atoms with Crippen LogP contribution in [0.25, 0.3) is 11.1 Å². The van der Waals surface area contributed by atoms with Crippen molar-refractivity contribution in [3.8, 4) is 11.1 Å². The minimum atomic E-state index is -4.54. The molecule has 0 amide bonds. The van der Waals surface area contributed by atoms with E-state index in [1.54, 1.807) is 48.5 Å². The lowest BCUT2D eigenvalue weighted by Crippen LogP contribution is -2.45. The van der Waals surface area contributed by atoms with Crippen molar-refractivity contribution < 1.29 is 42.0 Å². The van der Waals surface area contributed by atoms with Crippen LogP contribution in [0.4, 0.5) is 4.39 Å². The number of hydrogen-bond acceptors (Lipinski definition) is 4. The lowest BCUT2D eigenvalue weighted by molar-refractivity contribution is -0.167. The van der Waals surface area contributed by atoms with Crippen molar-refractivity contribution >= 4 is 23.4 Å². The molecule has 0 saturated carbocycles. The number of halogens is 2. The van der Waals surface area contributed by atoms with Crippen LogP contribution in [-0.4, -0.2) is 36.3 Å². The zero-order valence-corrected chi connectivity index (χ0v) is 23.6. The first-order valence-electron chi connectivity index (χ1n) is 21.9. The van der Waals surface area contributed by atoms with Gasteiger partial charge in [0.2, 0.25) is 0 Å². The van der Waals surface area contributed by atoms with Gasteiger partial charge in [0.15, 0.2) is 5.78 Å². The summed E-state index contributed by atoms with van der Waals surface area (Å²) < 4.78 is 157. The number of rotatable bonds is 15. The molecule has 0 spiro atoms. The number of Topliss-reactive ketones (excluding diaryl/α,β-unsaturated/α-hetero) is 1. The average Bonchev–Trinajstić information content (AvgIpc) is 3.15. The van der Waals surface area contributed by atoms with E-state index in [1.165, 1.54) is 24.3 Å². The molecule has 0 aliphatic carbocycles. The number of benzene rings is 3. The molecule has 0 unspecified atom stereocenters. The molecule has 0 aromatic heterocycles. The lowest BCUT2D eigenvalue weighted by Gasteiger charge is -2.41. The Kier molecular flexibility index (Phi) is 6.16. The summed E-state index contributed by atoms with van der Waals surface area (Å²) >= 11 is 6.03. The zero-order valence-electron chi connectivity index (χ0n) is 39.8. The van der Waals surface area contributed by atoms with E-state index < -0.39 is 68.8 Å². The summed E-state index contributed by atoms with van der Waals surface area (Å²) in [5, 5.41) is 0.501. The van der Waals surface area contributed by atoms with Crippen LogP contribution in [0.2, 0.25) is 5.02 Å². The Morgan fingerprint density at radius 1 is 0.905 bits per heavy atom. The topological polar surface area (TPSA) is 46.6 Å². The molecule has 6 heteroatoms. The summed E-state index contributed by atoms with van der Waals surface area (Å²) in [5.41, 5.74) is 0.479. The van der Waals surface area contributed by atoms with Crippen LogP contribution >= 0.6 is 11.6 Å². The molecule has 1 heterocycles. The Morgan fingerprint density at radius 2 is 1.52 bits per heavy atom. The van der Waals surface area contributed by atoms with Gasteiger partial charge in [-0.3, -0.25) is 9.59 Å². The number of hydrogen-bond donors (Lipinski definition) is 0. The second-order valence-electron chi connectivity index (χ2n) is 9.72. The molecule has 1 aliphatic rings. The third-order valence-corrected chi connectivity index (χ3v) is 7.31. The molecule has 42 heavy (non-hydrogen) atoms. The summed E-state index contributed by atoms with van der Waals surface area (Å²) in [6.07, 6.45) is -30.1. The SMILES string of the molecule is [2H]C([2H])([2H])C([2H])([2H])C([2H])([2H])C([2H])([2H])C([2H])([2H])C([2H])([2H])C([2H])([2H])C([2H])([2H])C(=O)OC1(c2ccc(-c3ccc(Cl)cc3)cc2)CCN(CCCC(=O)c2ccc(F)cc2)CC1. The number of carbonyl (C=O) groups is 2. The third kappa shape index (κ3) is 9.24. The van der Waals surface area contributed by atoms with Gasteiger partial charge in [0.05, 0.1) is 0 Å². The fourth-order valence-electron chi connectivity index (χ4n) is 4.85. The molecular weight excluding hydrogens is 549 g/mol. The molecule has 224 valence electrons. The maximum absolute atomic E-state index is 14.0. The van der Waals surface area contributed by atoms with Crippen molar-refractivity contribution in [1.82, 2.24) is 4.90 Å². The standard InChI is InChI=1S/C36H43ClFNO3/c1-2-3-4-5-6-7-10-35(41)42-36(31-17-11-28(12-18-31)29-13-19-32(37)20-14-29)23-26-39(27-24-36)25-8-9-34(40)30-15-21-33(38)22-16-30/h11-22H,2-10,23-27H2,1H3/i1D3,2D2,3D2,4D2,5D2,6D2,7D2,10D2. The highest BCUT2D eigenvalue weighted by molar-refractivity contribution is 6.30. The predicted molar refractivity (Wildman–Crippen MR) is 168 cm³/mol. The Balaban J connectivity index is 1.64. The predicted octanol–water partition coefficient (Wildman–Crippen LogP) is 9.39. The second-order valence-corrected chi connectivity index (χ2v) is 10.2. The van der Waals surface area contributed by atoms with Crippen LogP contribution in [0.1, 0.15) is 116 Å². The first-order valence-corrected chi connectivity index (χ1v) is 13.8. The maximum Gasteiger partial charge on any atom is 0.306 e. The summed E-state index contributed by atoms with van der Waals surface area (Å²) in [5.74, 6) is -2.70. The molecule has 3 aromatic carbocycles. The number of nitrogens with zero attached hydrogens (tertiary/aromatic N) is 1. The van der Waals surface area contributed by atoms with Gasteiger partial charge in [0.25, 0.3) is 0 Å². The zero-order chi connectivity index (χ0) is 44.8. The molecule has 1 fully saturated rings. The molecule has 0 N–H and O–H groups in total. The summed E-state index contributed by atoms with van der Waals surface area (Å²) in [6, 6.07) is 18.6. The van der Waals surface area contributed by atoms with Gasteiger partial charge in [-0.05, 0) is 72.4 Å². The van der Waals surface area contributed by atoms with Crippen LogP contribution in [0.3, 0.4) is 0 Å². The van der Waals surface area contributed by atoms with Crippen LogP contribution in [0.15, 0.2) is 72.8 Å². The van der Waals surface area contributed by atoms with E-state index in [-0.39, 0.29) is 38.1 Å². The van der Waals surface area contributed by atoms with Crippen molar-refractivity contribution in [1.29, 1.82) is 0 Å². The maximum atomic E-state index is 14.0. The first-order chi connectivity index (χ1) is 26.8. The monoisotopic (exact) mass is 608 g/mol. The Labute approximate surface area is 279 Å². The van der Waals surface area contributed by atoms with Gasteiger partial charge >= 0.3 is 5.97 Å². The fourth-order valence-corrected chi connectivity index (χ4v) is 4.98. The number of esters is 1. The largest absolute Gasteiger partial charge is 0.454 e. The summed E-state index contributed by atoms with van der Waals surface area (Å²) in [4.78, 5) is 28.6. The van der Waals surface area contributed by atoms with Crippen LogP contribution in [0.5, 0.6) is 0 Å². The van der Waals surface area contributed by atoms with Crippen LogP contribution in [0, 0.1) is 5.82 Å². The lowest BCUT2D eigenvalue weighted by atomic mass is 9.83. The minimum Gasteiger partial charge on any atom is -0.454 e. The van der Waals surface area contributed by atoms with Gasteiger partial charge < -0.3 is 9.64 Å². The van der Waals surface area contributed by atoms with E-state index in [0.29, 0.717) is 34.7 Å². The highest BCUT2D eigenvalue weighted by Crippen LogP contribution is 2.38. The first kappa shape index (κ1) is 16.2. The van der Waals surface area contributed by atoms with Crippen LogP contribution in [-0.2, 0) is 15.1 Å². The molecule has 4 nitrogen and oxygen atoms in total. The highest BCUT2D eigenvalue weighted by atomic mass is 35.5. The van der Waals surface area contributed by atoms with E-state index in [1.807, 2.05) is 4.90 Å². The van der Waals surface area contributed by atoms with Crippen LogP contribution < -0.4 is 0 Å². The Bertz CT molecular complexity index is 1970. The van der Waals surface area contributed by atoms with Gasteiger partial charge in [-0.1, -0.05) is 86.7 Å². The van der Waals surface area contributed by atoms with Crippen molar-refractivity contribution in [2.75, 3.05) is 19.6 Å². The normalized spacial score (nSPS) is 23.6. The molecule has 3 aromatic rings. The average molecular weight is 609 g/mol. The molecule has 0 bridgehead atoms. The van der Waals surface area contributed by atoms with Crippen molar-refractivity contribution in [3.63, 3.8) is 0 Å². The number of likely N-dealkylation sites (tertiary alicyclic amines) is 1. The van der Waals surface area contributed by atoms with Gasteiger partial charge in [-0.15, -0.1) is 0 Å². The molecule has 0 radical (unpaired) electrons. The summed E-state index contributed by atoms with van der Waals surface area (Å²) in [6.45, 7) is -3.10. The van der Waals surface area contributed by atoms with Gasteiger partial charge in [-0.25, -0.2) is 4.39 Å². The highest BCUT2D eigenvalue weighted by Gasteiger charge is 2.39. The number of carbonyl (C=O) groups excluding carboxylic acids is 2. The molecule has 1 aliphatic heterocycles. The number of piperidine rings is 1. The Hall–Kier alpha value is -3.02. The minimum absolute atomic E-state index is 0.0231. The number of ketones is 1. The van der Waals surface area contributed by atoms with Crippen molar-refractivity contribution in [2.45, 2.75) is 82.7 Å². The summed E-state index contributed by atoms with van der Waals surface area (Å²) in [7, 11) is 0. The molecule has 0 atom stereocenters. The van der Waals surface area contributed by atoms with E-state index in [0.717, 1.165) is 5.56 Å². The van der Waals surface area contributed by atoms with E-state index in [2.05, 4.69) is 0 Å². The Morgan fingerprint density at radius 3 is 2.19 bits per heavy atom. The van der Waals surface area contributed by atoms with Crippen molar-refractivity contribution in [3.05, 3.63) is 94.8 Å². The van der Waals surface area contributed by atoms with Crippen molar-refractivity contribution in [2.24, 2.45) is 0 Å². The van der Waals surface area contributed by atoms with E-state index in [4.69, 9.17) is 39.6 Å². The van der Waals surface area contributed by atoms with Gasteiger partial charge in [0.1, 0.15) is 11.4 Å². The second kappa shape index (κ2) is 16.0. The molecule has 4 rings (SSSR count). The quantitative estimate of drug-likeness (QED) is 0.127. The van der Waals surface area contributed by atoms with E-state index >= 15 is 0 Å². The van der Waals surface area contributed by atoms with Gasteiger partial charge in [-0.2, -0.15) is 0 Å². The number of ether oxygens (including phenoxy) is 1. The van der Waals surface area contributed by atoms with Gasteiger partial charge in [0, 0.05) is 72.6 Å². The fraction of sp³-hybridized carbons (Fsp3) is 0.444. The van der Waals surface area contributed by atoms with E-state index in [9.17, 15) is 14.0 Å².